The fraction of sp³-hybridized carbons (Fsp3) is 0.333. The Morgan fingerprint density at radius 1 is 1.22 bits per heavy atom. The van der Waals surface area contributed by atoms with E-state index in [0.29, 0.717) is 11.9 Å². The summed E-state index contributed by atoms with van der Waals surface area (Å²) >= 11 is 0. The number of nitrogens with zero attached hydrogens (tertiary/aromatic N) is 4. The molecule has 23 heavy (non-hydrogen) atoms. The minimum atomic E-state index is 0.291. The summed E-state index contributed by atoms with van der Waals surface area (Å²) in [5.41, 5.74) is 3.04. The molecule has 1 aromatic carbocycles. The van der Waals surface area contributed by atoms with Gasteiger partial charge in [0.2, 0.25) is 0 Å². The van der Waals surface area contributed by atoms with Crippen molar-refractivity contribution in [3.05, 3.63) is 54.0 Å². The van der Waals surface area contributed by atoms with E-state index in [9.17, 15) is 5.11 Å². The molecule has 4 rings (SSSR count). The Labute approximate surface area is 135 Å². The van der Waals surface area contributed by atoms with Gasteiger partial charge < -0.3 is 5.11 Å². The molecule has 0 saturated carbocycles. The van der Waals surface area contributed by atoms with Gasteiger partial charge in [-0.3, -0.25) is 9.47 Å². The number of benzene rings is 1. The third kappa shape index (κ3) is 2.57. The summed E-state index contributed by atoms with van der Waals surface area (Å²) in [7, 11) is 2.16. The third-order valence-electron chi connectivity index (χ3n) is 4.60. The first kappa shape index (κ1) is 14.2. The van der Waals surface area contributed by atoms with E-state index in [1.54, 1.807) is 12.1 Å². The number of aromatic hydroxyl groups is 1. The predicted octanol–water partition coefficient (Wildman–Crippen LogP) is 2.95. The maximum Gasteiger partial charge on any atom is 0.161 e. The molecule has 1 atom stereocenters. The molecule has 0 aliphatic carbocycles. The zero-order valence-electron chi connectivity index (χ0n) is 13.2. The molecule has 5 heteroatoms. The lowest BCUT2D eigenvalue weighted by atomic mass is 10.1. The third-order valence-corrected chi connectivity index (χ3v) is 4.60. The molecule has 0 amide bonds. The monoisotopic (exact) mass is 308 g/mol. The van der Waals surface area contributed by atoms with Gasteiger partial charge in [-0.25, -0.2) is 9.97 Å². The highest BCUT2D eigenvalue weighted by Gasteiger charge is 2.27. The van der Waals surface area contributed by atoms with Crippen LogP contribution in [0.25, 0.3) is 11.2 Å². The van der Waals surface area contributed by atoms with Crippen LogP contribution >= 0.6 is 0 Å². The van der Waals surface area contributed by atoms with Crippen molar-refractivity contribution in [1.82, 2.24) is 19.4 Å². The average Bonchev–Trinajstić information content (AvgIpc) is 3.12. The van der Waals surface area contributed by atoms with E-state index in [4.69, 9.17) is 4.98 Å². The van der Waals surface area contributed by atoms with Crippen molar-refractivity contribution in [2.45, 2.75) is 25.4 Å². The quantitative estimate of drug-likeness (QED) is 0.808. The molecule has 3 aromatic rings. The van der Waals surface area contributed by atoms with Crippen LogP contribution in [0.3, 0.4) is 0 Å². The van der Waals surface area contributed by atoms with Gasteiger partial charge in [-0.15, -0.1) is 0 Å². The zero-order valence-corrected chi connectivity index (χ0v) is 13.2. The number of likely N-dealkylation sites (tertiary alicyclic amines) is 1. The van der Waals surface area contributed by atoms with Crippen LogP contribution < -0.4 is 0 Å². The first-order chi connectivity index (χ1) is 11.2. The zero-order chi connectivity index (χ0) is 15.8. The van der Waals surface area contributed by atoms with Gasteiger partial charge in [-0.2, -0.15) is 0 Å². The Hall–Kier alpha value is -2.40. The SMILES string of the molecule is CN1CCCC1n1c(Cc2ccc(O)cc2)nc2cccnc21. The lowest BCUT2D eigenvalue weighted by Crippen LogP contribution is -2.25. The second kappa shape index (κ2) is 5.66. The number of fused-ring (bicyclic) bond motifs is 1. The molecule has 1 aliphatic rings. The van der Waals surface area contributed by atoms with E-state index in [1.165, 1.54) is 6.42 Å². The summed E-state index contributed by atoms with van der Waals surface area (Å²) < 4.78 is 2.29. The van der Waals surface area contributed by atoms with Gasteiger partial charge in [0, 0.05) is 12.6 Å². The van der Waals surface area contributed by atoms with Crippen LogP contribution in [0.15, 0.2) is 42.6 Å². The molecule has 1 fully saturated rings. The summed E-state index contributed by atoms with van der Waals surface area (Å²) in [4.78, 5) is 11.8. The lowest BCUT2D eigenvalue weighted by Gasteiger charge is -2.23. The average molecular weight is 308 g/mol. The van der Waals surface area contributed by atoms with E-state index in [0.717, 1.165) is 41.9 Å². The standard InChI is InChI=1S/C18H20N4O/c1-21-11-3-5-17(21)22-16(12-13-6-8-14(23)9-7-13)20-15-4-2-10-19-18(15)22/h2,4,6-10,17,23H,3,5,11-12H2,1H3. The van der Waals surface area contributed by atoms with Crippen LogP contribution in [0.4, 0.5) is 0 Å². The Morgan fingerprint density at radius 3 is 2.78 bits per heavy atom. The van der Waals surface area contributed by atoms with Crippen molar-refractivity contribution in [3.8, 4) is 5.75 Å². The largest absolute Gasteiger partial charge is 0.508 e. The number of phenols is 1. The van der Waals surface area contributed by atoms with Crippen LogP contribution in [-0.2, 0) is 6.42 Å². The van der Waals surface area contributed by atoms with Gasteiger partial charge in [-0.1, -0.05) is 12.1 Å². The maximum absolute atomic E-state index is 9.46. The Morgan fingerprint density at radius 2 is 2.04 bits per heavy atom. The molecular weight excluding hydrogens is 288 g/mol. The Kier molecular flexibility index (Phi) is 3.50. The van der Waals surface area contributed by atoms with Crippen molar-refractivity contribution in [2.24, 2.45) is 0 Å². The van der Waals surface area contributed by atoms with Crippen LogP contribution in [0.2, 0.25) is 0 Å². The van der Waals surface area contributed by atoms with Crippen molar-refractivity contribution >= 4 is 11.2 Å². The smallest absolute Gasteiger partial charge is 0.161 e. The lowest BCUT2D eigenvalue weighted by molar-refractivity contribution is 0.238. The molecule has 3 heterocycles. The maximum atomic E-state index is 9.46. The molecule has 118 valence electrons. The summed E-state index contributed by atoms with van der Waals surface area (Å²) in [6.07, 6.45) is 5.22. The molecular formula is C18H20N4O. The van der Waals surface area contributed by atoms with E-state index in [2.05, 4.69) is 21.5 Å². The highest BCUT2D eigenvalue weighted by atomic mass is 16.3. The van der Waals surface area contributed by atoms with Gasteiger partial charge >= 0.3 is 0 Å². The van der Waals surface area contributed by atoms with Crippen LogP contribution in [0.1, 0.15) is 30.4 Å². The second-order valence-electron chi connectivity index (χ2n) is 6.19. The van der Waals surface area contributed by atoms with E-state index >= 15 is 0 Å². The molecule has 2 aromatic heterocycles. The summed E-state index contributed by atoms with van der Waals surface area (Å²) in [5.74, 6) is 1.32. The van der Waals surface area contributed by atoms with Crippen molar-refractivity contribution in [2.75, 3.05) is 13.6 Å². The topological polar surface area (TPSA) is 54.2 Å². The normalized spacial score (nSPS) is 18.7. The number of hydrogen-bond donors (Lipinski definition) is 1. The van der Waals surface area contributed by atoms with Crippen LogP contribution in [0.5, 0.6) is 5.75 Å². The predicted molar refractivity (Wildman–Crippen MR) is 89.3 cm³/mol. The van der Waals surface area contributed by atoms with Crippen molar-refractivity contribution < 1.29 is 5.11 Å². The van der Waals surface area contributed by atoms with Crippen LogP contribution in [-0.4, -0.2) is 38.1 Å². The highest BCUT2D eigenvalue weighted by molar-refractivity contribution is 5.71. The van der Waals surface area contributed by atoms with Crippen molar-refractivity contribution in [3.63, 3.8) is 0 Å². The minimum absolute atomic E-state index is 0.291. The number of imidazole rings is 1. The molecule has 5 nitrogen and oxygen atoms in total. The molecule has 1 unspecified atom stereocenters. The second-order valence-corrected chi connectivity index (χ2v) is 6.19. The molecule has 1 aliphatic heterocycles. The Balaban J connectivity index is 1.80. The minimum Gasteiger partial charge on any atom is -0.508 e. The van der Waals surface area contributed by atoms with Gasteiger partial charge in [0.1, 0.15) is 17.1 Å². The molecule has 0 bridgehead atoms. The van der Waals surface area contributed by atoms with Crippen molar-refractivity contribution in [1.29, 1.82) is 0 Å². The number of hydrogen-bond acceptors (Lipinski definition) is 4. The first-order valence-electron chi connectivity index (χ1n) is 8.02. The molecule has 0 spiro atoms. The van der Waals surface area contributed by atoms with Gasteiger partial charge in [0.05, 0.1) is 6.17 Å². The van der Waals surface area contributed by atoms with E-state index < -0.39 is 0 Å². The number of rotatable bonds is 3. The highest BCUT2D eigenvalue weighted by Crippen LogP contribution is 2.30. The molecule has 1 N–H and O–H groups in total. The van der Waals surface area contributed by atoms with Crippen LogP contribution in [0, 0.1) is 0 Å². The number of aromatic nitrogens is 3. The first-order valence-corrected chi connectivity index (χ1v) is 8.02. The van der Waals surface area contributed by atoms with E-state index in [-0.39, 0.29) is 0 Å². The summed E-state index contributed by atoms with van der Waals surface area (Å²) in [5, 5.41) is 9.46. The van der Waals surface area contributed by atoms with Gasteiger partial charge in [0.15, 0.2) is 5.65 Å². The summed E-state index contributed by atoms with van der Waals surface area (Å²) in [6.45, 7) is 1.11. The fourth-order valence-electron chi connectivity index (χ4n) is 3.43. The molecule has 0 radical (unpaired) electrons. The summed E-state index contributed by atoms with van der Waals surface area (Å²) in [6, 6.07) is 11.3. The van der Waals surface area contributed by atoms with Gasteiger partial charge in [0.25, 0.3) is 0 Å². The number of phenolic OH excluding ortho intramolecular Hbond substituents is 1. The van der Waals surface area contributed by atoms with E-state index in [1.807, 2.05) is 30.5 Å². The van der Waals surface area contributed by atoms with Gasteiger partial charge in [-0.05, 0) is 56.3 Å². The fourth-order valence-corrected chi connectivity index (χ4v) is 3.43. The Bertz CT molecular complexity index is 825. The molecule has 1 saturated heterocycles. The number of pyridine rings is 1.